The van der Waals surface area contributed by atoms with E-state index in [1.807, 2.05) is 12.2 Å². The van der Waals surface area contributed by atoms with Gasteiger partial charge in [0, 0.05) is 6.42 Å². The van der Waals surface area contributed by atoms with Crippen molar-refractivity contribution >= 4 is 5.97 Å². The fourth-order valence-corrected chi connectivity index (χ4v) is 4.84. The number of hydrogen-bond donors (Lipinski definition) is 1. The lowest BCUT2D eigenvalue weighted by molar-refractivity contribution is -0.148. The van der Waals surface area contributed by atoms with Gasteiger partial charge in [-0.3, -0.25) is 4.79 Å². The highest BCUT2D eigenvalue weighted by Gasteiger charge is 2.40. The van der Waals surface area contributed by atoms with E-state index in [0.717, 1.165) is 18.8 Å². The Kier molecular flexibility index (Phi) is 9.67. The molecule has 0 aliphatic heterocycles. The maximum Gasteiger partial charge on any atom is 0.314 e. The summed E-state index contributed by atoms with van der Waals surface area (Å²) in [5.74, 6) is 0.162. The van der Waals surface area contributed by atoms with Gasteiger partial charge in [-0.05, 0) is 49.5 Å². The Morgan fingerprint density at radius 2 is 1.75 bits per heavy atom. The average molecular weight is 397 g/mol. The molecule has 0 aromatic carbocycles. The van der Waals surface area contributed by atoms with Crippen molar-refractivity contribution in [1.29, 1.82) is 0 Å². The van der Waals surface area contributed by atoms with Crippen molar-refractivity contribution in [3.8, 4) is 0 Å². The summed E-state index contributed by atoms with van der Waals surface area (Å²) in [4.78, 5) is 11.5. The lowest BCUT2D eigenvalue weighted by Crippen LogP contribution is -2.32. The predicted octanol–water partition coefficient (Wildman–Crippen LogP) is 7.55. The lowest BCUT2D eigenvalue weighted by atomic mass is 9.72. The quantitative estimate of drug-likeness (QED) is 0.346. The van der Waals surface area contributed by atoms with E-state index in [-0.39, 0.29) is 6.42 Å². The summed E-state index contributed by atoms with van der Waals surface area (Å²) in [5.41, 5.74) is -0.257. The zero-order valence-electron chi connectivity index (χ0n) is 17.5. The van der Waals surface area contributed by atoms with Gasteiger partial charge >= 0.3 is 5.97 Å². The van der Waals surface area contributed by atoms with Gasteiger partial charge in [0.25, 0.3) is 0 Å². The molecule has 0 spiro atoms. The molecule has 1 saturated carbocycles. The van der Waals surface area contributed by atoms with Crippen LogP contribution in [-0.2, 0) is 4.79 Å². The third-order valence-electron chi connectivity index (χ3n) is 6.78. The topological polar surface area (TPSA) is 37.3 Å². The fourth-order valence-electron chi connectivity index (χ4n) is 4.84. The van der Waals surface area contributed by atoms with Crippen LogP contribution < -0.4 is 0 Å². The van der Waals surface area contributed by atoms with Gasteiger partial charge in [0.2, 0.25) is 6.43 Å². The molecule has 0 aromatic rings. The molecule has 28 heavy (non-hydrogen) atoms. The number of alkyl halides is 2. The van der Waals surface area contributed by atoms with Crippen molar-refractivity contribution in [1.82, 2.24) is 0 Å². The minimum Gasteiger partial charge on any atom is -0.481 e. The molecule has 0 amide bonds. The summed E-state index contributed by atoms with van der Waals surface area (Å²) in [6, 6.07) is 0. The molecule has 1 fully saturated rings. The number of rotatable bonds is 12. The van der Waals surface area contributed by atoms with E-state index in [2.05, 4.69) is 6.92 Å². The molecule has 1 unspecified atom stereocenters. The molecule has 0 radical (unpaired) electrons. The van der Waals surface area contributed by atoms with Gasteiger partial charge in [-0.15, -0.1) is 0 Å². The van der Waals surface area contributed by atoms with Crippen LogP contribution in [0.3, 0.4) is 0 Å². The fraction of sp³-hybridized carbons (Fsp3) is 0.792. The van der Waals surface area contributed by atoms with Crippen LogP contribution >= 0.6 is 0 Å². The average Bonchev–Trinajstić information content (AvgIpc) is 2.68. The Bertz CT molecular complexity index is 533. The normalized spacial score (nSPS) is 27.8. The molecule has 2 nitrogen and oxygen atoms in total. The lowest BCUT2D eigenvalue weighted by Gasteiger charge is -2.33. The first kappa shape index (κ1) is 23.1. The van der Waals surface area contributed by atoms with Crippen LogP contribution in [0, 0.1) is 17.3 Å². The third kappa shape index (κ3) is 7.00. The maximum atomic E-state index is 12.8. The predicted molar refractivity (Wildman–Crippen MR) is 111 cm³/mol. The van der Waals surface area contributed by atoms with Gasteiger partial charge in [-0.25, -0.2) is 8.78 Å². The van der Waals surface area contributed by atoms with Crippen molar-refractivity contribution in [2.75, 3.05) is 0 Å². The van der Waals surface area contributed by atoms with Gasteiger partial charge < -0.3 is 5.11 Å². The summed E-state index contributed by atoms with van der Waals surface area (Å²) < 4.78 is 25.6. The Hall–Kier alpha value is -1.19. The highest BCUT2D eigenvalue weighted by atomic mass is 19.3. The second-order valence-electron chi connectivity index (χ2n) is 8.93. The van der Waals surface area contributed by atoms with E-state index in [0.29, 0.717) is 5.92 Å². The van der Waals surface area contributed by atoms with Gasteiger partial charge in [0.05, 0.1) is 5.41 Å². The van der Waals surface area contributed by atoms with Crippen LogP contribution in [0.2, 0.25) is 0 Å². The standard InChI is InChI=1S/C24H38F2O2/c1-2-3-4-5-6-7-8-9-19-10-12-20(13-11-19)21-14-16-24(17-15-21,23(27)28)18-22(25)26/h14-16,19-20,22H,2-13,17-18H2,1H3,(H,27,28)/t19-,20-,24?. The maximum absolute atomic E-state index is 12.8. The smallest absolute Gasteiger partial charge is 0.314 e. The zero-order chi connectivity index (χ0) is 20.4. The van der Waals surface area contributed by atoms with Gasteiger partial charge in [0.1, 0.15) is 0 Å². The highest BCUT2D eigenvalue weighted by molar-refractivity contribution is 5.78. The van der Waals surface area contributed by atoms with Crippen LogP contribution in [0.5, 0.6) is 0 Å². The SMILES string of the molecule is CCCCCCCCC[C@H]1CC[C@H](C2=CCC(CC(F)F)(C(=O)O)C=C2)CC1. The van der Waals surface area contributed by atoms with E-state index in [1.165, 1.54) is 75.9 Å². The van der Waals surface area contributed by atoms with Gasteiger partial charge in [0.15, 0.2) is 0 Å². The Morgan fingerprint density at radius 3 is 2.29 bits per heavy atom. The largest absolute Gasteiger partial charge is 0.481 e. The van der Waals surface area contributed by atoms with Crippen LogP contribution in [0.15, 0.2) is 23.8 Å². The number of carbonyl (C=O) groups is 1. The zero-order valence-corrected chi connectivity index (χ0v) is 17.5. The second-order valence-corrected chi connectivity index (χ2v) is 8.93. The van der Waals surface area contributed by atoms with Crippen LogP contribution in [0.4, 0.5) is 8.78 Å². The van der Waals surface area contributed by atoms with E-state index in [4.69, 9.17) is 0 Å². The molecule has 4 heteroatoms. The summed E-state index contributed by atoms with van der Waals surface area (Å²) >= 11 is 0. The number of unbranched alkanes of at least 4 members (excludes halogenated alkanes) is 6. The Labute approximate surface area is 169 Å². The Balaban J connectivity index is 1.69. The first-order valence-corrected chi connectivity index (χ1v) is 11.4. The number of hydrogen-bond acceptors (Lipinski definition) is 1. The van der Waals surface area contributed by atoms with Crippen molar-refractivity contribution in [3.05, 3.63) is 23.8 Å². The highest BCUT2D eigenvalue weighted by Crippen LogP contribution is 2.41. The summed E-state index contributed by atoms with van der Waals surface area (Å²) in [7, 11) is 0. The van der Waals surface area contributed by atoms with Gasteiger partial charge in [-0.1, -0.05) is 76.5 Å². The van der Waals surface area contributed by atoms with Crippen LogP contribution in [0.1, 0.15) is 96.8 Å². The van der Waals surface area contributed by atoms with Crippen molar-refractivity contribution in [3.63, 3.8) is 0 Å². The summed E-state index contributed by atoms with van der Waals surface area (Å²) in [6.07, 6.45) is 17.9. The molecule has 1 N–H and O–H groups in total. The first-order chi connectivity index (χ1) is 13.5. The molecule has 160 valence electrons. The van der Waals surface area contributed by atoms with Crippen molar-refractivity contribution in [2.24, 2.45) is 17.3 Å². The molecule has 0 heterocycles. The Morgan fingerprint density at radius 1 is 1.11 bits per heavy atom. The summed E-state index contributed by atoms with van der Waals surface area (Å²) in [5, 5.41) is 9.42. The number of aliphatic carboxylic acids is 1. The van der Waals surface area contributed by atoms with E-state index in [1.54, 1.807) is 0 Å². The van der Waals surface area contributed by atoms with Gasteiger partial charge in [-0.2, -0.15) is 0 Å². The van der Waals surface area contributed by atoms with E-state index >= 15 is 0 Å². The first-order valence-electron chi connectivity index (χ1n) is 11.4. The molecule has 2 rings (SSSR count). The molecular weight excluding hydrogens is 358 g/mol. The summed E-state index contributed by atoms with van der Waals surface area (Å²) in [6.45, 7) is 2.25. The van der Waals surface area contributed by atoms with E-state index in [9.17, 15) is 18.7 Å². The monoisotopic (exact) mass is 396 g/mol. The molecular formula is C24H38F2O2. The molecule has 1 atom stereocenters. The molecule has 2 aliphatic rings. The van der Waals surface area contributed by atoms with Crippen LogP contribution in [0.25, 0.3) is 0 Å². The molecule has 0 saturated heterocycles. The minimum absolute atomic E-state index is 0.191. The minimum atomic E-state index is -2.60. The van der Waals surface area contributed by atoms with E-state index < -0.39 is 24.2 Å². The molecule has 0 aromatic heterocycles. The van der Waals surface area contributed by atoms with Crippen molar-refractivity contribution < 1.29 is 18.7 Å². The van der Waals surface area contributed by atoms with Crippen molar-refractivity contribution in [2.45, 2.75) is 103 Å². The van der Waals surface area contributed by atoms with Crippen LogP contribution in [-0.4, -0.2) is 17.5 Å². The molecule has 0 bridgehead atoms. The molecule has 2 aliphatic carbocycles. The number of carboxylic acids is 1. The number of carboxylic acid groups (broad SMARTS) is 1. The third-order valence-corrected chi connectivity index (χ3v) is 6.78. The number of halogens is 2. The number of allylic oxidation sites excluding steroid dienone is 3. The second kappa shape index (κ2) is 11.7.